The molecule has 0 spiro atoms. The third kappa shape index (κ3) is 4.57. The molecule has 0 unspecified atom stereocenters. The summed E-state index contributed by atoms with van der Waals surface area (Å²) in [5.41, 5.74) is 5.91. The summed E-state index contributed by atoms with van der Waals surface area (Å²) in [5, 5.41) is 0.227. The van der Waals surface area contributed by atoms with Crippen molar-refractivity contribution in [3.8, 4) is 11.3 Å². The zero-order chi connectivity index (χ0) is 23.6. The maximum atomic E-state index is 13.4. The normalized spacial score (nSPS) is 11.5. The fourth-order valence-corrected chi connectivity index (χ4v) is 4.31. The van der Waals surface area contributed by atoms with Gasteiger partial charge in [-0.25, -0.2) is 26.8 Å². The molecule has 11 heteroatoms. The molecule has 1 amide bonds. The van der Waals surface area contributed by atoms with E-state index in [9.17, 15) is 26.8 Å². The van der Waals surface area contributed by atoms with E-state index in [1.54, 1.807) is 6.92 Å². The number of ether oxygens (including phenoxy) is 1. The second kappa shape index (κ2) is 8.95. The molecule has 8 nitrogen and oxygen atoms in total. The van der Waals surface area contributed by atoms with Crippen molar-refractivity contribution in [2.24, 2.45) is 5.73 Å². The molecule has 0 aliphatic carbocycles. The Labute approximate surface area is 182 Å². The van der Waals surface area contributed by atoms with Crippen LogP contribution in [0.1, 0.15) is 22.8 Å². The summed E-state index contributed by atoms with van der Waals surface area (Å²) in [4.78, 5) is 23.8. The number of carbonyl (C=O) groups is 2. The molecule has 3 aromatic rings. The molecule has 2 aromatic carbocycles. The van der Waals surface area contributed by atoms with Crippen molar-refractivity contribution >= 4 is 38.7 Å². The Morgan fingerprint density at radius 2 is 1.84 bits per heavy atom. The van der Waals surface area contributed by atoms with Gasteiger partial charge in [0.05, 0.1) is 18.5 Å². The van der Waals surface area contributed by atoms with E-state index in [-0.39, 0.29) is 28.0 Å². The van der Waals surface area contributed by atoms with Crippen molar-refractivity contribution in [2.75, 3.05) is 23.8 Å². The van der Waals surface area contributed by atoms with Crippen molar-refractivity contribution in [2.45, 2.75) is 13.3 Å². The summed E-state index contributed by atoms with van der Waals surface area (Å²) in [6, 6.07) is 7.92. The van der Waals surface area contributed by atoms with Gasteiger partial charge in [0.1, 0.15) is 29.4 Å². The monoisotopic (exact) mass is 466 g/mol. The van der Waals surface area contributed by atoms with Crippen LogP contribution in [0.3, 0.4) is 0 Å². The van der Waals surface area contributed by atoms with E-state index in [0.717, 1.165) is 22.7 Å². The van der Waals surface area contributed by atoms with Crippen LogP contribution in [0.25, 0.3) is 22.3 Å². The number of nitrogens with two attached hydrogens (primary N) is 1. The highest BCUT2D eigenvalue weighted by Gasteiger charge is 2.28. The van der Waals surface area contributed by atoms with Gasteiger partial charge in [-0.3, -0.25) is 4.31 Å². The molecule has 0 atom stereocenters. The number of rotatable bonds is 7. The first-order valence-electron chi connectivity index (χ1n) is 9.47. The third-order valence-corrected chi connectivity index (χ3v) is 5.91. The molecule has 2 N–H and O–H groups in total. The lowest BCUT2D eigenvalue weighted by molar-refractivity contribution is 0.0640. The maximum Gasteiger partial charge on any atom is 0.412 e. The van der Waals surface area contributed by atoms with Crippen LogP contribution in [0.2, 0.25) is 0 Å². The predicted octanol–water partition coefficient (Wildman–Crippen LogP) is 3.77. The van der Waals surface area contributed by atoms with Crippen LogP contribution >= 0.6 is 0 Å². The van der Waals surface area contributed by atoms with Crippen molar-refractivity contribution in [3.05, 3.63) is 53.3 Å². The second-order valence-corrected chi connectivity index (χ2v) is 8.78. The quantitative estimate of drug-likeness (QED) is 0.418. The van der Waals surface area contributed by atoms with Crippen molar-refractivity contribution in [3.63, 3.8) is 0 Å². The molecule has 0 aliphatic heterocycles. The highest BCUT2D eigenvalue weighted by molar-refractivity contribution is 7.92. The zero-order valence-electron chi connectivity index (χ0n) is 17.2. The molecule has 0 saturated heterocycles. The Kier molecular flexibility index (Phi) is 6.49. The first-order valence-corrected chi connectivity index (χ1v) is 11.3. The van der Waals surface area contributed by atoms with Crippen LogP contribution in [0.4, 0.5) is 19.3 Å². The van der Waals surface area contributed by atoms with Gasteiger partial charge in [0, 0.05) is 17.0 Å². The van der Waals surface area contributed by atoms with Gasteiger partial charge < -0.3 is 14.9 Å². The number of nitrogens with zero attached hydrogens (tertiary/aromatic N) is 1. The second-order valence-electron chi connectivity index (χ2n) is 6.88. The molecule has 0 aliphatic rings. The Balaban J connectivity index is 2.33. The molecule has 3 rings (SSSR count). The Hall–Kier alpha value is -3.47. The standard InChI is InChI=1S/C21H20F2N2O6S/c1-3-12-10-15-17(11-16(12)25(9-8-22)32(2,28)29)30-19(13-4-6-14(23)7-5-13)18(15)20(26)31-21(24)27/h4-7,10-11H,3,8-9H2,1-2H3,(H2,24,27). The fourth-order valence-electron chi connectivity index (χ4n) is 3.38. The van der Waals surface area contributed by atoms with Gasteiger partial charge in [0.2, 0.25) is 10.0 Å². The first kappa shape index (κ1) is 23.2. The average Bonchev–Trinajstić information content (AvgIpc) is 3.08. The molecule has 0 bridgehead atoms. The Morgan fingerprint density at radius 1 is 1.19 bits per heavy atom. The molecular weight excluding hydrogens is 446 g/mol. The fraction of sp³-hybridized carbons (Fsp3) is 0.238. The lowest BCUT2D eigenvalue weighted by Gasteiger charge is -2.23. The van der Waals surface area contributed by atoms with E-state index in [4.69, 9.17) is 10.2 Å². The molecule has 1 heterocycles. The summed E-state index contributed by atoms with van der Waals surface area (Å²) >= 11 is 0. The maximum absolute atomic E-state index is 13.4. The van der Waals surface area contributed by atoms with Crippen LogP contribution in [0, 0.1) is 5.82 Å². The minimum absolute atomic E-state index is 0.0261. The van der Waals surface area contributed by atoms with Crippen molar-refractivity contribution in [1.82, 2.24) is 0 Å². The average molecular weight is 466 g/mol. The van der Waals surface area contributed by atoms with E-state index >= 15 is 0 Å². The number of furan rings is 1. The highest BCUT2D eigenvalue weighted by atomic mass is 32.2. The molecule has 32 heavy (non-hydrogen) atoms. The van der Waals surface area contributed by atoms with Crippen molar-refractivity contribution < 1.29 is 35.9 Å². The smallest absolute Gasteiger partial charge is 0.412 e. The molecule has 0 saturated carbocycles. The Bertz CT molecular complexity index is 1290. The largest absolute Gasteiger partial charge is 0.455 e. The van der Waals surface area contributed by atoms with Crippen LogP contribution in [0.15, 0.2) is 40.8 Å². The third-order valence-electron chi connectivity index (χ3n) is 4.73. The lowest BCUT2D eigenvalue weighted by atomic mass is 10.0. The van der Waals surface area contributed by atoms with Crippen LogP contribution in [0.5, 0.6) is 0 Å². The first-order chi connectivity index (χ1) is 15.1. The van der Waals surface area contributed by atoms with Crippen LogP contribution < -0.4 is 10.0 Å². The van der Waals surface area contributed by atoms with Gasteiger partial charge in [-0.15, -0.1) is 0 Å². The number of sulfonamides is 1. The van der Waals surface area contributed by atoms with Gasteiger partial charge in [-0.05, 0) is 42.3 Å². The van der Waals surface area contributed by atoms with E-state index in [1.165, 1.54) is 24.3 Å². The summed E-state index contributed by atoms with van der Waals surface area (Å²) in [6.07, 6.45) is -0.0353. The van der Waals surface area contributed by atoms with Gasteiger partial charge in [-0.1, -0.05) is 6.92 Å². The number of hydrogen-bond acceptors (Lipinski definition) is 6. The number of amides is 1. The van der Waals surface area contributed by atoms with Crippen LogP contribution in [-0.4, -0.2) is 40.0 Å². The van der Waals surface area contributed by atoms with Crippen LogP contribution in [-0.2, 0) is 21.2 Å². The molecule has 170 valence electrons. The lowest BCUT2D eigenvalue weighted by Crippen LogP contribution is -2.32. The summed E-state index contributed by atoms with van der Waals surface area (Å²) < 4.78 is 62.2. The van der Waals surface area contributed by atoms with E-state index in [0.29, 0.717) is 17.5 Å². The number of hydrogen-bond donors (Lipinski definition) is 1. The van der Waals surface area contributed by atoms with E-state index in [1.807, 2.05) is 0 Å². The number of esters is 1. The highest BCUT2D eigenvalue weighted by Crippen LogP contribution is 2.38. The predicted molar refractivity (Wildman–Crippen MR) is 114 cm³/mol. The molecular formula is C21H20F2N2O6S. The summed E-state index contributed by atoms with van der Waals surface area (Å²) in [7, 11) is -3.82. The SMILES string of the molecule is CCc1cc2c(C(=O)OC(N)=O)c(-c3ccc(F)cc3)oc2cc1N(CCF)S(C)(=O)=O. The minimum atomic E-state index is -3.82. The number of aryl methyl sites for hydroxylation is 1. The number of anilines is 1. The number of halogens is 2. The number of carbonyl (C=O) groups excluding carboxylic acids is 2. The zero-order valence-corrected chi connectivity index (χ0v) is 18.0. The van der Waals surface area contributed by atoms with Gasteiger partial charge in [0.15, 0.2) is 0 Å². The van der Waals surface area contributed by atoms with Gasteiger partial charge >= 0.3 is 12.1 Å². The summed E-state index contributed by atoms with van der Waals surface area (Å²) in [6.45, 7) is 0.436. The summed E-state index contributed by atoms with van der Waals surface area (Å²) in [5.74, 6) is -1.63. The van der Waals surface area contributed by atoms with E-state index < -0.39 is 41.1 Å². The van der Waals surface area contributed by atoms with Gasteiger partial charge in [-0.2, -0.15) is 0 Å². The van der Waals surface area contributed by atoms with Crippen molar-refractivity contribution in [1.29, 1.82) is 0 Å². The topological polar surface area (TPSA) is 120 Å². The Morgan fingerprint density at radius 3 is 2.38 bits per heavy atom. The number of fused-ring (bicyclic) bond motifs is 1. The molecule has 0 fully saturated rings. The molecule has 0 radical (unpaired) electrons. The number of primary amides is 1. The number of benzene rings is 2. The molecule has 1 aromatic heterocycles. The van der Waals surface area contributed by atoms with Gasteiger partial charge in [0.25, 0.3) is 0 Å². The number of alkyl halides is 1. The minimum Gasteiger partial charge on any atom is -0.455 e. The van der Waals surface area contributed by atoms with E-state index in [2.05, 4.69) is 4.74 Å².